The maximum atomic E-state index is 12.7. The maximum absolute atomic E-state index is 12.7. The van der Waals surface area contributed by atoms with Crippen molar-refractivity contribution in [3.63, 3.8) is 0 Å². The summed E-state index contributed by atoms with van der Waals surface area (Å²) in [5.74, 6) is 0.221. The van der Waals surface area contributed by atoms with Gasteiger partial charge in [0.15, 0.2) is 0 Å². The van der Waals surface area contributed by atoms with Crippen molar-refractivity contribution in [3.05, 3.63) is 22.7 Å². The highest BCUT2D eigenvalue weighted by atomic mass is 79.9. The molecule has 0 amide bonds. The molecule has 2 N–H and O–H groups in total. The van der Waals surface area contributed by atoms with Crippen molar-refractivity contribution >= 4 is 31.6 Å². The van der Waals surface area contributed by atoms with Gasteiger partial charge in [-0.1, -0.05) is 29.8 Å². The quantitative estimate of drug-likeness (QED) is 0.753. The van der Waals surface area contributed by atoms with Crippen LogP contribution in [0.2, 0.25) is 0 Å². The number of hydrogen-bond donors (Lipinski definition) is 1. The predicted molar refractivity (Wildman–Crippen MR) is 84.0 cm³/mol. The molecule has 0 radical (unpaired) electrons. The van der Waals surface area contributed by atoms with Crippen LogP contribution in [0, 0.1) is 5.92 Å². The van der Waals surface area contributed by atoms with Crippen molar-refractivity contribution in [3.8, 4) is 0 Å². The number of ether oxygens (including phenoxy) is 1. The second kappa shape index (κ2) is 7.40. The first-order chi connectivity index (χ1) is 9.28. The molecule has 0 saturated heterocycles. The van der Waals surface area contributed by atoms with Gasteiger partial charge in [0.2, 0.25) is 10.0 Å². The van der Waals surface area contributed by atoms with E-state index in [1.54, 1.807) is 19.2 Å². The molecule has 7 heteroatoms. The first kappa shape index (κ1) is 17.4. The number of halogens is 1. The van der Waals surface area contributed by atoms with Crippen molar-refractivity contribution < 1.29 is 13.2 Å². The van der Waals surface area contributed by atoms with Gasteiger partial charge in [-0.2, -0.15) is 4.31 Å². The Hall–Kier alpha value is -0.630. The fourth-order valence-corrected chi connectivity index (χ4v) is 3.87. The maximum Gasteiger partial charge on any atom is 0.245 e. The Balaban J connectivity index is 3.14. The molecule has 0 fully saturated rings. The Morgan fingerprint density at radius 1 is 1.40 bits per heavy atom. The van der Waals surface area contributed by atoms with Gasteiger partial charge in [-0.3, -0.25) is 0 Å². The average Bonchev–Trinajstić information content (AvgIpc) is 2.33. The summed E-state index contributed by atoms with van der Waals surface area (Å²) in [5, 5.41) is 0. The number of sulfonamides is 1. The van der Waals surface area contributed by atoms with Crippen LogP contribution in [0.3, 0.4) is 0 Å². The lowest BCUT2D eigenvalue weighted by Crippen LogP contribution is -2.37. The molecule has 114 valence electrons. The number of nitrogen functional groups attached to an aromatic ring is 1. The van der Waals surface area contributed by atoms with E-state index in [2.05, 4.69) is 15.9 Å². The van der Waals surface area contributed by atoms with Gasteiger partial charge in [-0.05, 0) is 24.1 Å². The van der Waals surface area contributed by atoms with E-state index < -0.39 is 10.0 Å². The molecule has 0 aliphatic rings. The van der Waals surface area contributed by atoms with Crippen molar-refractivity contribution in [2.24, 2.45) is 5.92 Å². The molecule has 0 bridgehead atoms. The molecule has 1 aromatic carbocycles. The van der Waals surface area contributed by atoms with Crippen LogP contribution in [0.15, 0.2) is 27.6 Å². The third-order valence-corrected chi connectivity index (χ3v) is 5.14. The van der Waals surface area contributed by atoms with Crippen molar-refractivity contribution in [2.75, 3.05) is 32.5 Å². The molecule has 0 saturated carbocycles. The topological polar surface area (TPSA) is 72.6 Å². The van der Waals surface area contributed by atoms with E-state index in [1.165, 1.54) is 10.4 Å². The number of hydrogen-bond acceptors (Lipinski definition) is 4. The standard InChI is InChI=1S/C13H21BrN2O3S/c1-10(2)9-16(6-7-19-3)20(17,18)13-5-4-11(14)8-12(13)15/h4-5,8,10H,6-7,9,15H2,1-3H3. The lowest BCUT2D eigenvalue weighted by molar-refractivity contribution is 0.175. The van der Waals surface area contributed by atoms with E-state index in [-0.39, 0.29) is 16.5 Å². The van der Waals surface area contributed by atoms with E-state index in [4.69, 9.17) is 10.5 Å². The smallest absolute Gasteiger partial charge is 0.245 e. The van der Waals surface area contributed by atoms with E-state index >= 15 is 0 Å². The van der Waals surface area contributed by atoms with Gasteiger partial charge in [-0.15, -0.1) is 0 Å². The molecule has 0 aromatic heterocycles. The monoisotopic (exact) mass is 364 g/mol. The van der Waals surface area contributed by atoms with Crippen LogP contribution in [0.4, 0.5) is 5.69 Å². The van der Waals surface area contributed by atoms with Gasteiger partial charge < -0.3 is 10.5 Å². The number of nitrogens with zero attached hydrogens (tertiary/aromatic N) is 1. The molecule has 0 atom stereocenters. The zero-order valence-electron chi connectivity index (χ0n) is 12.0. The molecule has 1 aromatic rings. The largest absolute Gasteiger partial charge is 0.398 e. The van der Waals surface area contributed by atoms with Crippen LogP contribution in [-0.4, -0.2) is 39.5 Å². The number of anilines is 1. The third-order valence-electron chi connectivity index (χ3n) is 2.70. The Morgan fingerprint density at radius 2 is 2.05 bits per heavy atom. The molecule has 0 heterocycles. The zero-order valence-corrected chi connectivity index (χ0v) is 14.4. The minimum atomic E-state index is -3.61. The Kier molecular flexibility index (Phi) is 6.44. The number of benzene rings is 1. The zero-order chi connectivity index (χ0) is 15.3. The minimum absolute atomic E-state index is 0.137. The van der Waals surface area contributed by atoms with Gasteiger partial charge in [0.05, 0.1) is 12.3 Å². The highest BCUT2D eigenvalue weighted by Gasteiger charge is 2.26. The molecular formula is C13H21BrN2O3S. The highest BCUT2D eigenvalue weighted by molar-refractivity contribution is 9.10. The molecule has 0 spiro atoms. The van der Waals surface area contributed by atoms with Crippen LogP contribution in [0.5, 0.6) is 0 Å². The summed E-state index contributed by atoms with van der Waals surface area (Å²) < 4.78 is 32.5. The SMILES string of the molecule is COCCN(CC(C)C)S(=O)(=O)c1ccc(Br)cc1N. The molecule has 0 unspecified atom stereocenters. The van der Waals surface area contributed by atoms with E-state index in [0.717, 1.165) is 4.47 Å². The number of nitrogens with two attached hydrogens (primary N) is 1. The molecule has 5 nitrogen and oxygen atoms in total. The first-order valence-corrected chi connectivity index (χ1v) is 8.56. The minimum Gasteiger partial charge on any atom is -0.398 e. The predicted octanol–water partition coefficient (Wildman–Crippen LogP) is 2.32. The van der Waals surface area contributed by atoms with E-state index in [9.17, 15) is 8.42 Å². The molecule has 0 aliphatic carbocycles. The first-order valence-electron chi connectivity index (χ1n) is 6.33. The molecule has 20 heavy (non-hydrogen) atoms. The number of methoxy groups -OCH3 is 1. The van der Waals surface area contributed by atoms with Gasteiger partial charge in [0, 0.05) is 24.7 Å². The second-order valence-electron chi connectivity index (χ2n) is 4.93. The third kappa shape index (κ3) is 4.44. The van der Waals surface area contributed by atoms with E-state index in [1.807, 2.05) is 13.8 Å². The van der Waals surface area contributed by atoms with Crippen molar-refractivity contribution in [2.45, 2.75) is 18.7 Å². The van der Waals surface area contributed by atoms with Crippen molar-refractivity contribution in [1.29, 1.82) is 0 Å². The summed E-state index contributed by atoms with van der Waals surface area (Å²) in [6.07, 6.45) is 0. The number of rotatable bonds is 7. The lowest BCUT2D eigenvalue weighted by Gasteiger charge is -2.24. The summed E-state index contributed by atoms with van der Waals surface area (Å²) >= 11 is 3.27. The summed E-state index contributed by atoms with van der Waals surface area (Å²) in [4.78, 5) is 0.137. The van der Waals surface area contributed by atoms with Crippen LogP contribution in [0.1, 0.15) is 13.8 Å². The van der Waals surface area contributed by atoms with E-state index in [0.29, 0.717) is 19.7 Å². The lowest BCUT2D eigenvalue weighted by atomic mass is 10.2. The summed E-state index contributed by atoms with van der Waals surface area (Å²) in [7, 11) is -2.06. The van der Waals surface area contributed by atoms with Gasteiger partial charge in [0.1, 0.15) is 4.90 Å². The molecule has 0 aliphatic heterocycles. The summed E-state index contributed by atoms with van der Waals surface area (Å²) in [6.45, 7) is 5.04. The molecule has 1 rings (SSSR count). The van der Waals surface area contributed by atoms with Gasteiger partial charge in [-0.25, -0.2) is 8.42 Å². The fraction of sp³-hybridized carbons (Fsp3) is 0.538. The van der Waals surface area contributed by atoms with Crippen molar-refractivity contribution in [1.82, 2.24) is 4.31 Å². The van der Waals surface area contributed by atoms with Gasteiger partial charge >= 0.3 is 0 Å². The van der Waals surface area contributed by atoms with Gasteiger partial charge in [0.25, 0.3) is 0 Å². The highest BCUT2D eigenvalue weighted by Crippen LogP contribution is 2.26. The Bertz CT molecular complexity index is 547. The Labute approximate surface area is 129 Å². The van der Waals surface area contributed by atoms with Crippen LogP contribution < -0.4 is 5.73 Å². The summed E-state index contributed by atoms with van der Waals surface area (Å²) in [5.41, 5.74) is 6.08. The van der Waals surface area contributed by atoms with Crippen LogP contribution >= 0.6 is 15.9 Å². The second-order valence-corrected chi connectivity index (χ2v) is 7.75. The van der Waals surface area contributed by atoms with Crippen LogP contribution in [-0.2, 0) is 14.8 Å². The average molecular weight is 365 g/mol. The fourth-order valence-electron chi connectivity index (χ4n) is 1.80. The molecular weight excluding hydrogens is 344 g/mol. The Morgan fingerprint density at radius 3 is 2.55 bits per heavy atom. The normalized spacial score (nSPS) is 12.3. The van der Waals surface area contributed by atoms with Crippen LogP contribution in [0.25, 0.3) is 0 Å². The summed E-state index contributed by atoms with van der Waals surface area (Å²) in [6, 6.07) is 4.79.